The Labute approximate surface area is 206 Å². The van der Waals surface area contributed by atoms with Crippen LogP contribution in [0.5, 0.6) is 0 Å². The maximum Gasteiger partial charge on any atom is 0.220 e. The van der Waals surface area contributed by atoms with E-state index in [4.69, 9.17) is 4.74 Å². The number of carbonyl (C=O) groups excluding carboxylic acids is 1. The summed E-state index contributed by atoms with van der Waals surface area (Å²) in [6, 6.07) is 3.92. The molecule has 3 aromatic rings. The third-order valence-corrected chi connectivity index (χ3v) is 6.76. The van der Waals surface area contributed by atoms with Crippen LogP contribution < -0.4 is 10.2 Å². The first-order chi connectivity index (χ1) is 16.9. The van der Waals surface area contributed by atoms with E-state index in [1.807, 2.05) is 42.3 Å². The summed E-state index contributed by atoms with van der Waals surface area (Å²) in [5.74, 6) is 1.57. The van der Waals surface area contributed by atoms with Crippen LogP contribution >= 0.6 is 0 Å². The van der Waals surface area contributed by atoms with Crippen molar-refractivity contribution in [1.29, 1.82) is 0 Å². The highest BCUT2D eigenvalue weighted by Gasteiger charge is 2.17. The molecule has 4 heterocycles. The van der Waals surface area contributed by atoms with Crippen molar-refractivity contribution in [3.63, 3.8) is 0 Å². The molecule has 0 spiro atoms. The highest BCUT2D eigenvalue weighted by atomic mass is 16.5. The summed E-state index contributed by atoms with van der Waals surface area (Å²) in [5.41, 5.74) is 6.42. The number of hydrogen-bond donors (Lipinski definition) is 1. The Hall–Kier alpha value is -3.27. The minimum atomic E-state index is 0.0457. The maximum atomic E-state index is 12.5. The van der Waals surface area contributed by atoms with Crippen molar-refractivity contribution in [2.45, 2.75) is 60.4 Å². The zero-order chi connectivity index (χ0) is 24.9. The number of anilines is 1. The third kappa shape index (κ3) is 5.53. The number of nitrogens with one attached hydrogen (secondary N) is 1. The molecule has 0 radical (unpaired) electrons. The zero-order valence-corrected chi connectivity index (χ0v) is 21.5. The topological polar surface area (TPSA) is 103 Å². The number of morpholine rings is 1. The fourth-order valence-electron chi connectivity index (χ4n) is 4.71. The Bertz CT molecular complexity index is 1160. The van der Waals surface area contributed by atoms with E-state index >= 15 is 0 Å². The smallest absolute Gasteiger partial charge is 0.220 e. The van der Waals surface area contributed by atoms with Crippen LogP contribution in [-0.4, -0.2) is 68.5 Å². The van der Waals surface area contributed by atoms with Crippen LogP contribution in [-0.2, 0) is 28.9 Å². The first-order valence-corrected chi connectivity index (χ1v) is 12.4. The van der Waals surface area contributed by atoms with Crippen molar-refractivity contribution in [2.24, 2.45) is 0 Å². The molecule has 0 aliphatic carbocycles. The van der Waals surface area contributed by atoms with Gasteiger partial charge >= 0.3 is 0 Å². The molecular weight excluding hydrogens is 444 g/mol. The van der Waals surface area contributed by atoms with Crippen LogP contribution in [0, 0.1) is 27.7 Å². The summed E-state index contributed by atoms with van der Waals surface area (Å²) in [6.07, 6.45) is 1.84. The number of aromatic nitrogens is 6. The number of nitrogens with zero attached hydrogens (tertiary/aromatic N) is 7. The van der Waals surface area contributed by atoms with Crippen molar-refractivity contribution in [1.82, 2.24) is 35.1 Å². The molecule has 35 heavy (non-hydrogen) atoms. The van der Waals surface area contributed by atoms with Gasteiger partial charge in [-0.05, 0) is 70.7 Å². The van der Waals surface area contributed by atoms with E-state index in [-0.39, 0.29) is 5.91 Å². The van der Waals surface area contributed by atoms with Crippen molar-refractivity contribution in [3.05, 3.63) is 46.0 Å². The van der Waals surface area contributed by atoms with Gasteiger partial charge in [-0.25, -0.2) is 4.68 Å². The van der Waals surface area contributed by atoms with Gasteiger partial charge in [0.25, 0.3) is 0 Å². The molecule has 0 aromatic carbocycles. The Morgan fingerprint density at radius 1 is 0.943 bits per heavy atom. The Kier molecular flexibility index (Phi) is 7.80. The first kappa shape index (κ1) is 24.8. The van der Waals surface area contributed by atoms with Crippen LogP contribution in [0.3, 0.4) is 0 Å². The molecule has 188 valence electrons. The van der Waals surface area contributed by atoms with Gasteiger partial charge in [0.05, 0.1) is 24.6 Å². The first-order valence-electron chi connectivity index (χ1n) is 12.4. The van der Waals surface area contributed by atoms with Crippen LogP contribution in [0.4, 0.5) is 5.82 Å². The van der Waals surface area contributed by atoms with Crippen molar-refractivity contribution < 1.29 is 9.53 Å². The monoisotopic (exact) mass is 480 g/mol. The predicted molar refractivity (Wildman–Crippen MR) is 134 cm³/mol. The van der Waals surface area contributed by atoms with Crippen molar-refractivity contribution in [2.75, 3.05) is 37.7 Å². The highest BCUT2D eigenvalue weighted by Crippen LogP contribution is 2.20. The number of rotatable bonds is 9. The average Bonchev–Trinajstić information content (AvgIpc) is 3.32. The molecular formula is C25H36N8O2. The molecule has 0 atom stereocenters. The van der Waals surface area contributed by atoms with Crippen molar-refractivity contribution in [3.8, 4) is 5.82 Å². The van der Waals surface area contributed by atoms with Gasteiger partial charge in [0.1, 0.15) is 0 Å². The number of hydrogen-bond acceptors (Lipinski definition) is 7. The number of aryl methyl sites for hydroxylation is 3. The van der Waals surface area contributed by atoms with Gasteiger partial charge in [0.15, 0.2) is 11.6 Å². The summed E-state index contributed by atoms with van der Waals surface area (Å²) in [4.78, 5) is 14.7. The molecule has 1 aliphatic rings. The van der Waals surface area contributed by atoms with Gasteiger partial charge in [-0.3, -0.25) is 9.48 Å². The summed E-state index contributed by atoms with van der Waals surface area (Å²) < 4.78 is 9.23. The minimum absolute atomic E-state index is 0.0457. The Morgan fingerprint density at radius 3 is 2.26 bits per heavy atom. The molecule has 1 aliphatic heterocycles. The second-order valence-corrected chi connectivity index (χ2v) is 8.98. The van der Waals surface area contributed by atoms with E-state index in [0.29, 0.717) is 38.4 Å². The fraction of sp³-hybridized carbons (Fsp3) is 0.560. The SMILES string of the molecule is CCn1nc(C)c(CCNC(=O)CCc2c(C)nn(-c3ccc(N4CCOCC4)nn3)c2C)c1C. The van der Waals surface area contributed by atoms with Gasteiger partial charge < -0.3 is 15.0 Å². The van der Waals surface area contributed by atoms with Crippen molar-refractivity contribution >= 4 is 11.7 Å². The van der Waals surface area contributed by atoms with Gasteiger partial charge in [-0.2, -0.15) is 10.2 Å². The zero-order valence-electron chi connectivity index (χ0n) is 21.5. The van der Waals surface area contributed by atoms with E-state index < -0.39 is 0 Å². The lowest BCUT2D eigenvalue weighted by Gasteiger charge is -2.27. The van der Waals surface area contributed by atoms with Crippen LogP contribution in [0.2, 0.25) is 0 Å². The molecule has 10 heteroatoms. The lowest BCUT2D eigenvalue weighted by molar-refractivity contribution is -0.121. The molecule has 1 amide bonds. The molecule has 1 N–H and O–H groups in total. The molecule has 3 aromatic heterocycles. The second kappa shape index (κ2) is 11.0. The molecule has 10 nitrogen and oxygen atoms in total. The van der Waals surface area contributed by atoms with E-state index in [0.717, 1.165) is 54.5 Å². The Morgan fingerprint density at radius 2 is 1.60 bits per heavy atom. The number of carbonyl (C=O) groups is 1. The largest absolute Gasteiger partial charge is 0.378 e. The lowest BCUT2D eigenvalue weighted by atomic mass is 10.1. The van der Waals surface area contributed by atoms with E-state index in [1.165, 1.54) is 11.3 Å². The van der Waals surface area contributed by atoms with Gasteiger partial charge in [0, 0.05) is 44.0 Å². The van der Waals surface area contributed by atoms with E-state index in [9.17, 15) is 4.79 Å². The molecule has 0 bridgehead atoms. The average molecular weight is 481 g/mol. The van der Waals surface area contributed by atoms with Crippen LogP contribution in [0.15, 0.2) is 12.1 Å². The summed E-state index contributed by atoms with van der Waals surface area (Å²) in [6.45, 7) is 14.7. The van der Waals surface area contributed by atoms with Gasteiger partial charge in [0.2, 0.25) is 5.91 Å². The molecule has 1 saturated heterocycles. The normalized spacial score (nSPS) is 13.9. The number of ether oxygens (including phenoxy) is 1. The van der Waals surface area contributed by atoms with Gasteiger partial charge in [-0.15, -0.1) is 10.2 Å². The van der Waals surface area contributed by atoms with E-state index in [1.54, 1.807) is 0 Å². The third-order valence-electron chi connectivity index (χ3n) is 6.76. The molecule has 4 rings (SSSR count). The molecule has 0 saturated carbocycles. The molecule has 0 unspecified atom stereocenters. The minimum Gasteiger partial charge on any atom is -0.378 e. The quantitative estimate of drug-likeness (QED) is 0.501. The highest BCUT2D eigenvalue weighted by molar-refractivity contribution is 5.76. The lowest BCUT2D eigenvalue weighted by Crippen LogP contribution is -2.36. The maximum absolute atomic E-state index is 12.5. The van der Waals surface area contributed by atoms with Crippen LogP contribution in [0.25, 0.3) is 5.82 Å². The number of amides is 1. The second-order valence-electron chi connectivity index (χ2n) is 8.98. The summed E-state index contributed by atoms with van der Waals surface area (Å²) in [5, 5.41) is 21.1. The standard InChI is InChI=1S/C25H36N8O2/c1-6-32-19(4)22(17(2)29-32)11-12-26-25(34)10-7-21-18(3)30-33(20(21)5)24-9-8-23(27-28-24)31-13-15-35-16-14-31/h8-9H,6-7,10-16H2,1-5H3,(H,26,34). The van der Waals surface area contributed by atoms with E-state index in [2.05, 4.69) is 44.5 Å². The predicted octanol–water partition coefficient (Wildman–Crippen LogP) is 2.24. The Balaban J connectivity index is 1.33. The summed E-state index contributed by atoms with van der Waals surface area (Å²) in [7, 11) is 0. The van der Waals surface area contributed by atoms with Gasteiger partial charge in [-0.1, -0.05) is 0 Å². The summed E-state index contributed by atoms with van der Waals surface area (Å²) >= 11 is 0. The molecule has 1 fully saturated rings. The fourth-order valence-corrected chi connectivity index (χ4v) is 4.71. The van der Waals surface area contributed by atoms with Crippen LogP contribution in [0.1, 0.15) is 47.2 Å².